The predicted octanol–water partition coefficient (Wildman–Crippen LogP) is 1.13. The van der Waals surface area contributed by atoms with Crippen molar-refractivity contribution in [1.29, 1.82) is 0 Å². The Morgan fingerprint density at radius 2 is 2.00 bits per heavy atom. The van der Waals surface area contributed by atoms with Gasteiger partial charge in [-0.2, -0.15) is 0 Å². The Labute approximate surface area is 110 Å². The number of nitrogens with zero attached hydrogens (tertiary/aromatic N) is 2. The van der Waals surface area contributed by atoms with E-state index in [4.69, 9.17) is 0 Å². The first-order valence-corrected chi connectivity index (χ1v) is 6.39. The van der Waals surface area contributed by atoms with Crippen LogP contribution in [-0.4, -0.2) is 33.6 Å². The number of hydrogen-bond donors (Lipinski definition) is 2. The van der Waals surface area contributed by atoms with Crippen LogP contribution in [0.15, 0.2) is 30.6 Å². The molecular weight excluding hydrogens is 242 g/mol. The number of aromatic nitrogens is 2. The zero-order valence-corrected chi connectivity index (χ0v) is 10.4. The van der Waals surface area contributed by atoms with Crippen LogP contribution >= 0.6 is 0 Å². The molecule has 1 aromatic carbocycles. The first kappa shape index (κ1) is 12.0. The molecule has 98 valence electrons. The summed E-state index contributed by atoms with van der Waals surface area (Å²) < 4.78 is 0. The number of aliphatic hydroxyl groups excluding tert-OH is 1. The quantitative estimate of drug-likeness (QED) is 0.864. The van der Waals surface area contributed by atoms with E-state index in [2.05, 4.69) is 15.3 Å². The van der Waals surface area contributed by atoms with Crippen LogP contribution in [0.3, 0.4) is 0 Å². The van der Waals surface area contributed by atoms with Gasteiger partial charge in [0.25, 0.3) is 5.91 Å². The molecule has 1 saturated carbocycles. The summed E-state index contributed by atoms with van der Waals surface area (Å²) in [6, 6.07) is 5.29. The van der Waals surface area contributed by atoms with Crippen molar-refractivity contribution in [1.82, 2.24) is 15.3 Å². The van der Waals surface area contributed by atoms with Gasteiger partial charge in [-0.05, 0) is 37.0 Å². The van der Waals surface area contributed by atoms with Crippen LogP contribution in [0, 0.1) is 5.92 Å². The summed E-state index contributed by atoms with van der Waals surface area (Å²) in [4.78, 5) is 20.3. The summed E-state index contributed by atoms with van der Waals surface area (Å²) in [6.45, 7) is 0.619. The topological polar surface area (TPSA) is 75.1 Å². The van der Waals surface area contributed by atoms with Crippen molar-refractivity contribution >= 4 is 16.9 Å². The number of amides is 1. The minimum absolute atomic E-state index is 0.103. The SMILES string of the molecule is O=C(NCC1CC(O)C1)c1ccc2nccnc2c1. The fraction of sp³-hybridized carbons (Fsp3) is 0.357. The van der Waals surface area contributed by atoms with E-state index in [1.165, 1.54) is 0 Å². The van der Waals surface area contributed by atoms with Crippen LogP contribution in [0.25, 0.3) is 11.0 Å². The maximum absolute atomic E-state index is 12.0. The Morgan fingerprint density at radius 3 is 2.74 bits per heavy atom. The van der Waals surface area contributed by atoms with Crippen LogP contribution in [0.2, 0.25) is 0 Å². The van der Waals surface area contributed by atoms with Gasteiger partial charge in [0.05, 0.1) is 17.1 Å². The van der Waals surface area contributed by atoms with E-state index in [-0.39, 0.29) is 12.0 Å². The average Bonchev–Trinajstić information content (AvgIpc) is 2.41. The van der Waals surface area contributed by atoms with Crippen LogP contribution < -0.4 is 5.32 Å². The second kappa shape index (κ2) is 4.93. The summed E-state index contributed by atoms with van der Waals surface area (Å²) in [5.74, 6) is 0.299. The Morgan fingerprint density at radius 1 is 1.26 bits per heavy atom. The van der Waals surface area contributed by atoms with Crippen molar-refractivity contribution in [2.24, 2.45) is 5.92 Å². The van der Waals surface area contributed by atoms with E-state index in [9.17, 15) is 9.90 Å². The molecule has 1 aliphatic carbocycles. The largest absolute Gasteiger partial charge is 0.393 e. The maximum atomic E-state index is 12.0. The lowest BCUT2D eigenvalue weighted by Gasteiger charge is -2.31. The van der Waals surface area contributed by atoms with Crippen molar-refractivity contribution in [3.8, 4) is 0 Å². The Balaban J connectivity index is 1.67. The highest BCUT2D eigenvalue weighted by atomic mass is 16.3. The highest BCUT2D eigenvalue weighted by molar-refractivity contribution is 5.97. The zero-order chi connectivity index (χ0) is 13.2. The minimum Gasteiger partial charge on any atom is -0.393 e. The Kier molecular flexibility index (Phi) is 3.13. The molecule has 0 atom stereocenters. The number of aliphatic hydroxyl groups is 1. The van der Waals surface area contributed by atoms with Crippen molar-refractivity contribution in [3.63, 3.8) is 0 Å². The molecule has 1 aromatic heterocycles. The molecule has 0 saturated heterocycles. The molecule has 2 N–H and O–H groups in total. The van der Waals surface area contributed by atoms with Crippen LogP contribution in [-0.2, 0) is 0 Å². The van der Waals surface area contributed by atoms with E-state index in [0.717, 1.165) is 18.4 Å². The zero-order valence-electron chi connectivity index (χ0n) is 10.4. The second-order valence-electron chi connectivity index (χ2n) is 4.96. The first-order valence-electron chi connectivity index (χ1n) is 6.39. The third-order valence-corrected chi connectivity index (χ3v) is 3.49. The average molecular weight is 257 g/mol. The number of benzene rings is 1. The highest BCUT2D eigenvalue weighted by Gasteiger charge is 2.27. The van der Waals surface area contributed by atoms with Crippen molar-refractivity contribution in [2.45, 2.75) is 18.9 Å². The molecule has 0 unspecified atom stereocenters. The van der Waals surface area contributed by atoms with E-state index >= 15 is 0 Å². The first-order chi connectivity index (χ1) is 9.22. The van der Waals surface area contributed by atoms with Gasteiger partial charge in [0.15, 0.2) is 0 Å². The lowest BCUT2D eigenvalue weighted by atomic mass is 9.82. The molecule has 0 aliphatic heterocycles. The van der Waals surface area contributed by atoms with E-state index in [0.29, 0.717) is 23.5 Å². The number of rotatable bonds is 3. The van der Waals surface area contributed by atoms with E-state index < -0.39 is 0 Å². The smallest absolute Gasteiger partial charge is 0.251 e. The molecule has 0 spiro atoms. The fourth-order valence-electron chi connectivity index (χ4n) is 2.31. The number of carbonyl (C=O) groups excluding carboxylic acids is 1. The summed E-state index contributed by atoms with van der Waals surface area (Å²) in [6.07, 6.45) is 4.62. The highest BCUT2D eigenvalue weighted by Crippen LogP contribution is 2.26. The molecule has 2 aromatic rings. The van der Waals surface area contributed by atoms with Gasteiger partial charge < -0.3 is 10.4 Å². The van der Waals surface area contributed by atoms with E-state index in [1.807, 2.05) is 0 Å². The Hall–Kier alpha value is -2.01. The van der Waals surface area contributed by atoms with Gasteiger partial charge in [-0.3, -0.25) is 14.8 Å². The molecule has 5 nitrogen and oxygen atoms in total. The lowest BCUT2D eigenvalue weighted by Crippen LogP contribution is -2.38. The van der Waals surface area contributed by atoms with Gasteiger partial charge in [-0.1, -0.05) is 0 Å². The van der Waals surface area contributed by atoms with Gasteiger partial charge in [0, 0.05) is 24.5 Å². The summed E-state index contributed by atoms with van der Waals surface area (Å²) in [7, 11) is 0. The normalized spacial score (nSPS) is 21.9. The van der Waals surface area contributed by atoms with Gasteiger partial charge in [0.2, 0.25) is 0 Å². The Bertz CT molecular complexity index is 608. The molecule has 1 fully saturated rings. The molecule has 0 bridgehead atoms. The van der Waals surface area contributed by atoms with Gasteiger partial charge in [-0.25, -0.2) is 0 Å². The van der Waals surface area contributed by atoms with Crippen LogP contribution in [0.4, 0.5) is 0 Å². The summed E-state index contributed by atoms with van der Waals surface area (Å²) in [5.41, 5.74) is 2.09. The van der Waals surface area contributed by atoms with Crippen molar-refractivity contribution < 1.29 is 9.90 Å². The third-order valence-electron chi connectivity index (χ3n) is 3.49. The monoisotopic (exact) mass is 257 g/mol. The molecule has 0 radical (unpaired) electrons. The summed E-state index contributed by atoms with van der Waals surface area (Å²) in [5, 5.41) is 12.1. The number of carbonyl (C=O) groups is 1. The summed E-state index contributed by atoms with van der Waals surface area (Å²) >= 11 is 0. The fourth-order valence-corrected chi connectivity index (χ4v) is 2.31. The van der Waals surface area contributed by atoms with Crippen LogP contribution in [0.5, 0.6) is 0 Å². The lowest BCUT2D eigenvalue weighted by molar-refractivity contribution is 0.0420. The maximum Gasteiger partial charge on any atom is 0.251 e. The third kappa shape index (κ3) is 2.56. The number of nitrogens with one attached hydrogen (secondary N) is 1. The minimum atomic E-state index is -0.183. The molecular formula is C14H15N3O2. The van der Waals surface area contributed by atoms with Gasteiger partial charge >= 0.3 is 0 Å². The van der Waals surface area contributed by atoms with Crippen LogP contribution in [0.1, 0.15) is 23.2 Å². The van der Waals surface area contributed by atoms with Crippen molar-refractivity contribution in [2.75, 3.05) is 6.54 Å². The second-order valence-corrected chi connectivity index (χ2v) is 4.96. The predicted molar refractivity (Wildman–Crippen MR) is 70.6 cm³/mol. The molecule has 1 aliphatic rings. The standard InChI is InChI=1S/C14H15N3O2/c18-11-5-9(6-11)8-17-14(19)10-1-2-12-13(7-10)16-4-3-15-12/h1-4,7,9,11,18H,5-6,8H2,(H,17,19). The molecule has 5 heteroatoms. The number of fused-ring (bicyclic) bond motifs is 1. The van der Waals surface area contributed by atoms with Crippen molar-refractivity contribution in [3.05, 3.63) is 36.2 Å². The molecule has 1 amide bonds. The van der Waals surface area contributed by atoms with E-state index in [1.54, 1.807) is 30.6 Å². The molecule has 19 heavy (non-hydrogen) atoms. The molecule has 3 rings (SSSR count). The van der Waals surface area contributed by atoms with Gasteiger partial charge in [-0.15, -0.1) is 0 Å². The number of hydrogen-bond acceptors (Lipinski definition) is 4. The van der Waals surface area contributed by atoms with Gasteiger partial charge in [0.1, 0.15) is 0 Å². The molecule has 1 heterocycles.